The van der Waals surface area contributed by atoms with Crippen molar-refractivity contribution in [2.75, 3.05) is 6.61 Å². The van der Waals surface area contributed by atoms with Crippen LogP contribution in [-0.4, -0.2) is 28.0 Å². The number of carbonyl (C=O) groups is 1. The molecule has 1 fully saturated rings. The van der Waals surface area contributed by atoms with Gasteiger partial charge in [0.1, 0.15) is 11.7 Å². The van der Waals surface area contributed by atoms with Gasteiger partial charge in [-0.3, -0.25) is 10.1 Å². The summed E-state index contributed by atoms with van der Waals surface area (Å²) < 4.78 is 6.75. The minimum absolute atomic E-state index is 0.179. The van der Waals surface area contributed by atoms with Crippen molar-refractivity contribution in [3.63, 3.8) is 0 Å². The molecular weight excluding hydrogens is 254 g/mol. The van der Waals surface area contributed by atoms with E-state index >= 15 is 0 Å². The number of pyridine rings is 1. The molecule has 0 bridgehead atoms. The average Bonchev–Trinajstić information content (AvgIpc) is 2.92. The topological polar surface area (TPSA) is 55.6 Å². The van der Waals surface area contributed by atoms with E-state index < -0.39 is 0 Å². The largest absolute Gasteiger partial charge is 0.464 e. The summed E-state index contributed by atoms with van der Waals surface area (Å²) in [5.74, 6) is -0.179. The van der Waals surface area contributed by atoms with Crippen LogP contribution in [0.25, 0.3) is 5.65 Å². The number of imidazole rings is 1. The van der Waals surface area contributed by atoms with Crippen molar-refractivity contribution in [1.82, 2.24) is 14.7 Å². The van der Waals surface area contributed by atoms with E-state index in [0.29, 0.717) is 18.2 Å². The molecule has 18 heavy (non-hydrogen) atoms. The maximum Gasteiger partial charge on any atom is 0.323 e. The summed E-state index contributed by atoms with van der Waals surface area (Å²) >= 11 is 5.90. The third-order valence-electron chi connectivity index (χ3n) is 2.93. The number of cyclic esters (lactones) is 1. The normalized spacial score (nSPS) is 19.4. The zero-order chi connectivity index (χ0) is 12.5. The Kier molecular flexibility index (Phi) is 2.93. The molecule has 2 aromatic heterocycles. The molecular formula is C12H12ClN3O2. The van der Waals surface area contributed by atoms with Gasteiger partial charge in [0.05, 0.1) is 17.3 Å². The average molecular weight is 266 g/mol. The molecule has 1 atom stereocenters. The van der Waals surface area contributed by atoms with E-state index in [1.807, 2.05) is 16.7 Å². The van der Waals surface area contributed by atoms with E-state index in [0.717, 1.165) is 17.8 Å². The lowest BCUT2D eigenvalue weighted by Crippen LogP contribution is -2.32. The number of ether oxygens (including phenoxy) is 1. The highest BCUT2D eigenvalue weighted by molar-refractivity contribution is 6.30. The summed E-state index contributed by atoms with van der Waals surface area (Å²) in [4.78, 5) is 15.7. The first-order valence-corrected chi connectivity index (χ1v) is 6.13. The summed E-state index contributed by atoms with van der Waals surface area (Å²) in [5, 5.41) is 3.81. The Morgan fingerprint density at radius 2 is 2.39 bits per heavy atom. The Morgan fingerprint density at radius 1 is 1.50 bits per heavy atom. The minimum Gasteiger partial charge on any atom is -0.464 e. The van der Waals surface area contributed by atoms with Gasteiger partial charge in [-0.2, -0.15) is 0 Å². The number of halogens is 1. The van der Waals surface area contributed by atoms with Gasteiger partial charge in [-0.05, 0) is 12.1 Å². The van der Waals surface area contributed by atoms with Gasteiger partial charge >= 0.3 is 5.97 Å². The third kappa shape index (κ3) is 2.19. The molecule has 0 amide bonds. The molecule has 3 heterocycles. The Hall–Kier alpha value is -1.59. The van der Waals surface area contributed by atoms with E-state index in [-0.39, 0.29) is 12.0 Å². The fourth-order valence-electron chi connectivity index (χ4n) is 2.01. The fourth-order valence-corrected chi connectivity index (χ4v) is 2.18. The quantitative estimate of drug-likeness (QED) is 0.853. The molecule has 1 saturated heterocycles. The van der Waals surface area contributed by atoms with Gasteiger partial charge in [-0.25, -0.2) is 4.98 Å². The van der Waals surface area contributed by atoms with Crippen LogP contribution in [0.1, 0.15) is 12.1 Å². The van der Waals surface area contributed by atoms with Gasteiger partial charge < -0.3 is 9.14 Å². The van der Waals surface area contributed by atoms with Crippen LogP contribution in [0.15, 0.2) is 24.5 Å². The smallest absolute Gasteiger partial charge is 0.323 e. The van der Waals surface area contributed by atoms with E-state index in [4.69, 9.17) is 16.3 Å². The molecule has 2 aromatic rings. The van der Waals surface area contributed by atoms with E-state index in [1.165, 1.54) is 0 Å². The molecule has 0 spiro atoms. The van der Waals surface area contributed by atoms with Crippen LogP contribution in [0.3, 0.4) is 0 Å². The van der Waals surface area contributed by atoms with Crippen LogP contribution >= 0.6 is 11.6 Å². The highest BCUT2D eigenvalue weighted by Gasteiger charge is 2.25. The molecule has 0 radical (unpaired) electrons. The summed E-state index contributed by atoms with van der Waals surface area (Å²) in [5.41, 5.74) is 1.71. The van der Waals surface area contributed by atoms with Crippen molar-refractivity contribution in [1.29, 1.82) is 0 Å². The van der Waals surface area contributed by atoms with Crippen LogP contribution in [0.5, 0.6) is 0 Å². The number of carbonyl (C=O) groups excluding carboxylic acids is 1. The zero-order valence-corrected chi connectivity index (χ0v) is 10.4. The number of nitrogens with one attached hydrogen (secondary N) is 1. The number of esters is 1. The summed E-state index contributed by atoms with van der Waals surface area (Å²) in [6, 6.07) is 3.45. The number of aromatic nitrogens is 2. The van der Waals surface area contributed by atoms with Crippen molar-refractivity contribution >= 4 is 23.2 Å². The molecule has 0 saturated carbocycles. The Balaban J connectivity index is 1.72. The Labute approximate surface area is 109 Å². The number of rotatable bonds is 3. The van der Waals surface area contributed by atoms with E-state index in [9.17, 15) is 4.79 Å². The zero-order valence-electron chi connectivity index (χ0n) is 9.60. The number of hydrogen-bond donors (Lipinski definition) is 1. The van der Waals surface area contributed by atoms with Crippen LogP contribution in [0, 0.1) is 0 Å². The van der Waals surface area contributed by atoms with Gasteiger partial charge in [0.2, 0.25) is 0 Å². The van der Waals surface area contributed by atoms with E-state index in [2.05, 4.69) is 10.3 Å². The number of hydrogen-bond acceptors (Lipinski definition) is 4. The monoisotopic (exact) mass is 265 g/mol. The summed E-state index contributed by atoms with van der Waals surface area (Å²) in [6.45, 7) is 1.04. The lowest BCUT2D eigenvalue weighted by atomic mass is 10.2. The highest BCUT2D eigenvalue weighted by Crippen LogP contribution is 2.12. The molecule has 1 aliphatic rings. The molecule has 3 rings (SSSR count). The first-order valence-electron chi connectivity index (χ1n) is 5.75. The van der Waals surface area contributed by atoms with E-state index in [1.54, 1.807) is 12.3 Å². The van der Waals surface area contributed by atoms with Crippen LogP contribution in [0.2, 0.25) is 5.02 Å². The number of nitrogens with zero attached hydrogens (tertiary/aromatic N) is 2. The first-order chi connectivity index (χ1) is 8.72. The maximum absolute atomic E-state index is 11.3. The Morgan fingerprint density at radius 3 is 3.17 bits per heavy atom. The molecule has 6 heteroatoms. The molecule has 0 aliphatic carbocycles. The van der Waals surface area contributed by atoms with Crippen LogP contribution < -0.4 is 5.32 Å². The molecule has 94 valence electrons. The predicted octanol–water partition coefficient (Wildman–Crippen LogP) is 1.39. The predicted molar refractivity (Wildman–Crippen MR) is 66.4 cm³/mol. The first kappa shape index (κ1) is 11.5. The highest BCUT2D eigenvalue weighted by atomic mass is 35.5. The summed E-state index contributed by atoms with van der Waals surface area (Å²) in [7, 11) is 0. The van der Waals surface area contributed by atoms with Crippen molar-refractivity contribution in [3.8, 4) is 0 Å². The SMILES string of the molecule is O=C1OCC[C@@H]1NCc1cn2cc(Cl)ccc2n1. The second kappa shape index (κ2) is 4.59. The van der Waals surface area contributed by atoms with Gasteiger partial charge in [0.25, 0.3) is 0 Å². The third-order valence-corrected chi connectivity index (χ3v) is 3.15. The fraction of sp³-hybridized carbons (Fsp3) is 0.333. The van der Waals surface area contributed by atoms with Crippen molar-refractivity contribution in [2.45, 2.75) is 19.0 Å². The van der Waals surface area contributed by atoms with Crippen LogP contribution in [-0.2, 0) is 16.1 Å². The minimum atomic E-state index is -0.210. The van der Waals surface area contributed by atoms with Gasteiger partial charge in [0, 0.05) is 25.4 Å². The maximum atomic E-state index is 11.3. The molecule has 0 aromatic carbocycles. The molecule has 1 aliphatic heterocycles. The molecule has 0 unspecified atom stereocenters. The molecule has 5 nitrogen and oxygen atoms in total. The molecule has 1 N–H and O–H groups in total. The van der Waals surface area contributed by atoms with Crippen molar-refractivity contribution < 1.29 is 9.53 Å². The standard InChI is InChI=1S/C12H12ClN3O2/c13-8-1-2-11-15-9(7-16(11)6-8)5-14-10-3-4-18-12(10)17/h1-2,6-7,10,14H,3-5H2/t10-/m0/s1. The number of fused-ring (bicyclic) bond motifs is 1. The lowest BCUT2D eigenvalue weighted by Gasteiger charge is -2.05. The second-order valence-corrected chi connectivity index (χ2v) is 4.67. The van der Waals surface area contributed by atoms with Gasteiger partial charge in [-0.15, -0.1) is 0 Å². The van der Waals surface area contributed by atoms with Crippen molar-refractivity contribution in [2.24, 2.45) is 0 Å². The van der Waals surface area contributed by atoms with Crippen molar-refractivity contribution in [3.05, 3.63) is 35.2 Å². The summed E-state index contributed by atoms with van der Waals surface area (Å²) in [6.07, 6.45) is 4.42. The van der Waals surface area contributed by atoms with Crippen LogP contribution in [0.4, 0.5) is 0 Å². The van der Waals surface area contributed by atoms with Gasteiger partial charge in [0.15, 0.2) is 0 Å². The second-order valence-electron chi connectivity index (χ2n) is 4.23. The Bertz CT molecular complexity index is 596. The lowest BCUT2D eigenvalue weighted by molar-refractivity contribution is -0.139. The van der Waals surface area contributed by atoms with Gasteiger partial charge in [-0.1, -0.05) is 11.6 Å².